The van der Waals surface area contributed by atoms with Crippen molar-refractivity contribution in [3.63, 3.8) is 0 Å². The predicted octanol–water partition coefficient (Wildman–Crippen LogP) is 3.55. The van der Waals surface area contributed by atoms with Crippen LogP contribution < -0.4 is 0 Å². The first kappa shape index (κ1) is 14.8. The number of carbonyl (C=O) groups is 1. The van der Waals surface area contributed by atoms with Crippen LogP contribution in [-0.2, 0) is 0 Å². The summed E-state index contributed by atoms with van der Waals surface area (Å²) in [5.74, 6) is 4.83. The highest BCUT2D eigenvalue weighted by Gasteiger charge is 2.09. The normalized spacial score (nSPS) is 9.57. The van der Waals surface area contributed by atoms with Gasteiger partial charge in [0.25, 0.3) is 5.69 Å². The Morgan fingerprint density at radius 2 is 1.90 bits per heavy atom. The van der Waals surface area contributed by atoms with Crippen molar-refractivity contribution < 1.29 is 9.72 Å². The van der Waals surface area contributed by atoms with Gasteiger partial charge in [0.15, 0.2) is 0 Å². The van der Waals surface area contributed by atoms with Crippen molar-refractivity contribution in [2.75, 3.05) is 6.26 Å². The lowest BCUT2D eigenvalue weighted by Gasteiger charge is -1.95. The molecular weight excluding hydrogens is 286 g/mol. The molecule has 104 valence electrons. The monoisotopic (exact) mass is 297 g/mol. The largest absolute Gasteiger partial charge is 0.279 e. The van der Waals surface area contributed by atoms with Crippen LogP contribution in [0.25, 0.3) is 0 Å². The maximum Gasteiger partial charge on any atom is 0.270 e. The maximum atomic E-state index is 11.9. The molecule has 2 aromatic carbocycles. The van der Waals surface area contributed by atoms with Crippen molar-refractivity contribution in [1.29, 1.82) is 0 Å². The number of non-ortho nitro benzene ring substituents is 1. The lowest BCUT2D eigenvalue weighted by Crippen LogP contribution is -1.97. The summed E-state index contributed by atoms with van der Waals surface area (Å²) in [6.07, 6.45) is 1.98. The van der Waals surface area contributed by atoms with Crippen molar-refractivity contribution in [3.05, 3.63) is 69.8 Å². The predicted molar refractivity (Wildman–Crippen MR) is 82.5 cm³/mol. The van der Waals surface area contributed by atoms with Crippen LogP contribution in [0.4, 0.5) is 5.69 Å². The molecule has 4 nitrogen and oxygen atoms in total. The molecule has 0 aliphatic carbocycles. The molecule has 2 rings (SSSR count). The number of nitro benzene ring substituents is 1. The van der Waals surface area contributed by atoms with E-state index < -0.39 is 10.7 Å². The third-order valence-electron chi connectivity index (χ3n) is 2.73. The summed E-state index contributed by atoms with van der Waals surface area (Å²) in [5, 5.41) is 10.7. The molecule has 21 heavy (non-hydrogen) atoms. The number of benzene rings is 2. The zero-order chi connectivity index (χ0) is 15.2. The molecule has 0 atom stereocenters. The highest BCUT2D eigenvalue weighted by Crippen LogP contribution is 2.15. The van der Waals surface area contributed by atoms with Gasteiger partial charge in [0, 0.05) is 28.2 Å². The number of rotatable bonds is 3. The number of hydrogen-bond acceptors (Lipinski definition) is 4. The Hall–Kier alpha value is -2.58. The minimum absolute atomic E-state index is 0.119. The standard InChI is InChI=1S/C16H11NO3S/c1-21-15-8-5-12(6-9-15)7-10-16(18)13-3-2-4-14(11-13)17(19)20/h2-6,8-9,11H,1H3. The summed E-state index contributed by atoms with van der Waals surface area (Å²) in [6, 6.07) is 13.1. The quantitative estimate of drug-likeness (QED) is 0.286. The van der Waals surface area contributed by atoms with Gasteiger partial charge in [-0.2, -0.15) is 0 Å². The topological polar surface area (TPSA) is 60.2 Å². The summed E-state index contributed by atoms with van der Waals surface area (Å²) in [5.41, 5.74) is 0.830. The first-order valence-corrected chi connectivity index (χ1v) is 7.27. The van der Waals surface area contributed by atoms with Crippen LogP contribution in [0, 0.1) is 22.0 Å². The first-order valence-electron chi connectivity index (χ1n) is 6.05. The second-order valence-electron chi connectivity index (χ2n) is 4.12. The molecule has 0 bridgehead atoms. The van der Waals surface area contributed by atoms with Crippen LogP contribution in [-0.4, -0.2) is 17.0 Å². The maximum absolute atomic E-state index is 11.9. The van der Waals surface area contributed by atoms with Crippen LogP contribution in [0.15, 0.2) is 53.4 Å². The Bertz CT molecular complexity index is 742. The van der Waals surface area contributed by atoms with Crippen molar-refractivity contribution in [1.82, 2.24) is 0 Å². The van der Waals surface area contributed by atoms with Crippen molar-refractivity contribution in [2.45, 2.75) is 4.90 Å². The molecule has 0 saturated carbocycles. The Labute approximate surface area is 126 Å². The summed E-state index contributed by atoms with van der Waals surface area (Å²) >= 11 is 1.62. The molecule has 0 spiro atoms. The second kappa shape index (κ2) is 6.73. The van der Waals surface area contributed by atoms with E-state index in [0.29, 0.717) is 0 Å². The fraction of sp³-hybridized carbons (Fsp3) is 0.0625. The van der Waals surface area contributed by atoms with Gasteiger partial charge in [-0.05, 0) is 42.5 Å². The molecular formula is C16H11NO3S. The van der Waals surface area contributed by atoms with Crippen LogP contribution in [0.1, 0.15) is 15.9 Å². The van der Waals surface area contributed by atoms with E-state index >= 15 is 0 Å². The van der Waals surface area contributed by atoms with Gasteiger partial charge in [-0.15, -0.1) is 11.8 Å². The summed E-state index contributed by atoms with van der Waals surface area (Å²) in [4.78, 5) is 23.2. The zero-order valence-corrected chi connectivity index (χ0v) is 12.0. The molecule has 5 heteroatoms. The lowest BCUT2D eigenvalue weighted by atomic mass is 10.1. The third-order valence-corrected chi connectivity index (χ3v) is 3.47. The molecule has 2 aromatic rings. The van der Waals surface area contributed by atoms with Crippen molar-refractivity contribution in [3.8, 4) is 11.8 Å². The van der Waals surface area contributed by atoms with E-state index in [1.807, 2.05) is 30.5 Å². The molecule has 0 aliphatic rings. The molecule has 0 heterocycles. The Kier molecular flexibility index (Phi) is 4.75. The number of carbonyl (C=O) groups excluding carboxylic acids is 1. The number of ketones is 1. The molecule has 0 amide bonds. The van der Waals surface area contributed by atoms with Crippen LogP contribution in [0.5, 0.6) is 0 Å². The number of nitrogens with zero attached hydrogens (tertiary/aromatic N) is 1. The fourth-order valence-corrected chi connectivity index (χ4v) is 2.04. The Morgan fingerprint density at radius 1 is 1.19 bits per heavy atom. The molecule has 0 radical (unpaired) electrons. The van der Waals surface area contributed by atoms with Gasteiger partial charge in [-0.3, -0.25) is 14.9 Å². The average Bonchev–Trinajstić information content (AvgIpc) is 2.53. The first-order chi connectivity index (χ1) is 10.1. The van der Waals surface area contributed by atoms with E-state index in [9.17, 15) is 14.9 Å². The Balaban J connectivity index is 2.19. The van der Waals surface area contributed by atoms with E-state index in [4.69, 9.17) is 0 Å². The highest BCUT2D eigenvalue weighted by atomic mass is 32.2. The van der Waals surface area contributed by atoms with Gasteiger partial charge in [0.05, 0.1) is 4.92 Å². The van der Waals surface area contributed by atoms with E-state index in [1.165, 1.54) is 24.3 Å². The summed E-state index contributed by atoms with van der Waals surface area (Å²) < 4.78 is 0. The number of Topliss-reactive ketones (excluding diaryl/α,β-unsaturated/α-hetero) is 1. The van der Waals surface area contributed by atoms with Gasteiger partial charge < -0.3 is 0 Å². The smallest absolute Gasteiger partial charge is 0.270 e. The Morgan fingerprint density at radius 3 is 2.52 bits per heavy atom. The summed E-state index contributed by atoms with van der Waals surface area (Å²) in [7, 11) is 0. The van der Waals surface area contributed by atoms with Gasteiger partial charge in [0.2, 0.25) is 5.78 Å². The van der Waals surface area contributed by atoms with Crippen molar-refractivity contribution >= 4 is 23.2 Å². The molecule has 0 N–H and O–H groups in total. The number of nitro groups is 1. The minimum atomic E-state index is -0.536. The van der Waals surface area contributed by atoms with Crippen LogP contribution in [0.2, 0.25) is 0 Å². The minimum Gasteiger partial charge on any atom is -0.279 e. The van der Waals surface area contributed by atoms with E-state index in [1.54, 1.807) is 11.8 Å². The zero-order valence-electron chi connectivity index (χ0n) is 11.2. The fourth-order valence-electron chi connectivity index (χ4n) is 1.64. The number of hydrogen-bond donors (Lipinski definition) is 0. The van der Waals surface area contributed by atoms with Gasteiger partial charge >= 0.3 is 0 Å². The SMILES string of the molecule is CSc1ccc(C#CC(=O)c2cccc([N+](=O)[O-])c2)cc1. The van der Waals surface area contributed by atoms with Gasteiger partial charge in [-0.1, -0.05) is 12.0 Å². The van der Waals surface area contributed by atoms with Crippen LogP contribution >= 0.6 is 11.8 Å². The summed E-state index contributed by atoms with van der Waals surface area (Å²) in [6.45, 7) is 0. The van der Waals surface area contributed by atoms with Gasteiger partial charge in [-0.25, -0.2) is 0 Å². The van der Waals surface area contributed by atoms with Crippen molar-refractivity contribution in [2.24, 2.45) is 0 Å². The highest BCUT2D eigenvalue weighted by molar-refractivity contribution is 7.98. The van der Waals surface area contributed by atoms with E-state index in [0.717, 1.165) is 10.5 Å². The average molecular weight is 297 g/mol. The van der Waals surface area contributed by atoms with E-state index in [2.05, 4.69) is 11.8 Å². The second-order valence-corrected chi connectivity index (χ2v) is 4.99. The third kappa shape index (κ3) is 3.94. The van der Waals surface area contributed by atoms with E-state index in [-0.39, 0.29) is 11.3 Å². The van der Waals surface area contributed by atoms with Gasteiger partial charge in [0.1, 0.15) is 0 Å². The molecule has 0 fully saturated rings. The lowest BCUT2D eigenvalue weighted by molar-refractivity contribution is -0.384. The molecule has 0 aliphatic heterocycles. The molecule has 0 saturated heterocycles. The number of thioether (sulfide) groups is 1. The molecule has 0 unspecified atom stereocenters. The molecule has 0 aromatic heterocycles. The van der Waals surface area contributed by atoms with Crippen LogP contribution in [0.3, 0.4) is 0 Å².